The number of hydrogen-bond donors (Lipinski definition) is 1. The number of rotatable bonds is 4. The Balaban J connectivity index is 2.04. The number of anilines is 1. The van der Waals surface area contributed by atoms with Crippen LogP contribution in [0.2, 0.25) is 0 Å². The number of nitro benzene ring substituents is 1. The molecule has 0 aliphatic heterocycles. The number of halogens is 1. The van der Waals surface area contributed by atoms with Crippen LogP contribution < -0.4 is 5.32 Å². The smallest absolute Gasteiger partial charge is 0.269 e. The van der Waals surface area contributed by atoms with E-state index in [2.05, 4.69) is 5.32 Å². The highest BCUT2D eigenvalue weighted by Crippen LogP contribution is 2.17. The van der Waals surface area contributed by atoms with Crippen molar-refractivity contribution in [2.75, 3.05) is 5.32 Å². The summed E-state index contributed by atoms with van der Waals surface area (Å²) < 4.78 is 12.9. The van der Waals surface area contributed by atoms with Gasteiger partial charge in [-0.25, -0.2) is 4.39 Å². The maximum absolute atomic E-state index is 12.9. The number of hydrogen-bond acceptors (Lipinski definition) is 3. The van der Waals surface area contributed by atoms with Gasteiger partial charge in [-0.05, 0) is 42.3 Å². The van der Waals surface area contributed by atoms with Crippen molar-refractivity contribution in [2.24, 2.45) is 0 Å². The van der Waals surface area contributed by atoms with E-state index in [1.54, 1.807) is 18.2 Å². The molecule has 0 radical (unpaired) electrons. The van der Waals surface area contributed by atoms with Gasteiger partial charge in [-0.2, -0.15) is 0 Å². The summed E-state index contributed by atoms with van der Waals surface area (Å²) in [6.45, 7) is 2.39. The Labute approximate surface area is 110 Å². The SMILES string of the molecule is Cc1cc(F)ccc1CNc1ccc([N+](=O)[O-])cc1. The van der Waals surface area contributed by atoms with Crippen molar-refractivity contribution >= 4 is 11.4 Å². The third-order valence-electron chi connectivity index (χ3n) is 2.87. The molecule has 0 saturated carbocycles. The first-order valence-electron chi connectivity index (χ1n) is 5.79. The minimum atomic E-state index is -0.437. The van der Waals surface area contributed by atoms with Crippen molar-refractivity contribution < 1.29 is 9.31 Å². The Morgan fingerprint density at radius 1 is 1.21 bits per heavy atom. The molecule has 0 heterocycles. The van der Waals surface area contributed by atoms with Gasteiger partial charge in [0.2, 0.25) is 0 Å². The molecule has 98 valence electrons. The molecule has 1 N–H and O–H groups in total. The van der Waals surface area contributed by atoms with E-state index in [1.807, 2.05) is 6.92 Å². The number of nitro groups is 1. The first-order chi connectivity index (χ1) is 9.06. The Hall–Kier alpha value is -2.43. The molecule has 2 rings (SSSR count). The average Bonchev–Trinajstić information content (AvgIpc) is 2.38. The highest BCUT2D eigenvalue weighted by atomic mass is 19.1. The van der Waals surface area contributed by atoms with E-state index in [4.69, 9.17) is 0 Å². The number of nitrogens with one attached hydrogen (secondary N) is 1. The van der Waals surface area contributed by atoms with Crippen molar-refractivity contribution in [3.05, 3.63) is 69.5 Å². The quantitative estimate of drug-likeness (QED) is 0.674. The predicted octanol–water partition coefficient (Wildman–Crippen LogP) is 3.65. The number of benzene rings is 2. The van der Waals surface area contributed by atoms with Crippen molar-refractivity contribution in [1.82, 2.24) is 0 Å². The monoisotopic (exact) mass is 260 g/mol. The van der Waals surface area contributed by atoms with E-state index in [0.717, 1.165) is 16.8 Å². The van der Waals surface area contributed by atoms with Crippen molar-refractivity contribution in [3.8, 4) is 0 Å². The maximum Gasteiger partial charge on any atom is 0.269 e. The number of nitrogens with zero attached hydrogens (tertiary/aromatic N) is 1. The van der Waals surface area contributed by atoms with Gasteiger partial charge in [0.05, 0.1) is 4.92 Å². The normalized spacial score (nSPS) is 10.2. The van der Waals surface area contributed by atoms with Crippen LogP contribution in [0.3, 0.4) is 0 Å². The van der Waals surface area contributed by atoms with Gasteiger partial charge in [0.25, 0.3) is 5.69 Å². The lowest BCUT2D eigenvalue weighted by Crippen LogP contribution is -2.01. The standard InChI is InChI=1S/C14H13FN2O2/c1-10-8-12(15)3-2-11(10)9-16-13-4-6-14(7-5-13)17(18)19/h2-8,16H,9H2,1H3. The van der Waals surface area contributed by atoms with E-state index >= 15 is 0 Å². The third kappa shape index (κ3) is 3.28. The lowest BCUT2D eigenvalue weighted by atomic mass is 10.1. The Morgan fingerprint density at radius 3 is 2.47 bits per heavy atom. The summed E-state index contributed by atoms with van der Waals surface area (Å²) >= 11 is 0. The van der Waals surface area contributed by atoms with Crippen LogP contribution in [-0.4, -0.2) is 4.92 Å². The molecular weight excluding hydrogens is 247 g/mol. The molecule has 0 fully saturated rings. The summed E-state index contributed by atoms with van der Waals surface area (Å²) in [6.07, 6.45) is 0. The van der Waals surface area contributed by atoms with Crippen LogP contribution in [0.15, 0.2) is 42.5 Å². The molecule has 0 bridgehead atoms. The van der Waals surface area contributed by atoms with Gasteiger partial charge in [0.1, 0.15) is 5.82 Å². The molecule has 2 aromatic carbocycles. The molecule has 0 atom stereocenters. The van der Waals surface area contributed by atoms with Crippen LogP contribution >= 0.6 is 0 Å². The fraction of sp³-hybridized carbons (Fsp3) is 0.143. The van der Waals surface area contributed by atoms with Gasteiger partial charge < -0.3 is 5.32 Å². The van der Waals surface area contributed by atoms with Gasteiger partial charge >= 0.3 is 0 Å². The van der Waals surface area contributed by atoms with E-state index < -0.39 is 4.92 Å². The zero-order valence-electron chi connectivity index (χ0n) is 10.4. The van der Waals surface area contributed by atoms with Crippen LogP contribution in [0, 0.1) is 22.9 Å². The van der Waals surface area contributed by atoms with Gasteiger partial charge in [-0.1, -0.05) is 6.07 Å². The van der Waals surface area contributed by atoms with E-state index in [0.29, 0.717) is 6.54 Å². The summed E-state index contributed by atoms with van der Waals surface area (Å²) in [7, 11) is 0. The molecule has 4 nitrogen and oxygen atoms in total. The van der Waals surface area contributed by atoms with Gasteiger partial charge in [0.15, 0.2) is 0 Å². The summed E-state index contributed by atoms with van der Waals surface area (Å²) in [6, 6.07) is 10.8. The van der Waals surface area contributed by atoms with Crippen LogP contribution in [-0.2, 0) is 6.54 Å². The van der Waals surface area contributed by atoms with Crippen molar-refractivity contribution in [2.45, 2.75) is 13.5 Å². The summed E-state index contributed by atoms with van der Waals surface area (Å²) in [5, 5.41) is 13.7. The lowest BCUT2D eigenvalue weighted by molar-refractivity contribution is -0.384. The van der Waals surface area contributed by atoms with Gasteiger partial charge in [-0.15, -0.1) is 0 Å². The summed E-state index contributed by atoms with van der Waals surface area (Å²) in [5.74, 6) is -0.253. The molecule has 5 heteroatoms. The second-order valence-corrected chi connectivity index (χ2v) is 4.23. The lowest BCUT2D eigenvalue weighted by Gasteiger charge is -2.09. The zero-order valence-corrected chi connectivity index (χ0v) is 10.4. The van der Waals surface area contributed by atoms with Crippen LogP contribution in [0.5, 0.6) is 0 Å². The summed E-state index contributed by atoms with van der Waals surface area (Å²) in [5.41, 5.74) is 2.70. The minimum absolute atomic E-state index is 0.0588. The molecule has 2 aromatic rings. The van der Waals surface area contributed by atoms with E-state index in [9.17, 15) is 14.5 Å². The maximum atomic E-state index is 12.9. The zero-order chi connectivity index (χ0) is 13.8. The molecule has 0 aromatic heterocycles. The fourth-order valence-corrected chi connectivity index (χ4v) is 1.76. The Kier molecular flexibility index (Phi) is 3.75. The highest BCUT2D eigenvalue weighted by Gasteiger charge is 2.04. The predicted molar refractivity (Wildman–Crippen MR) is 71.6 cm³/mol. The second kappa shape index (κ2) is 5.48. The van der Waals surface area contributed by atoms with E-state index in [1.165, 1.54) is 24.3 Å². The van der Waals surface area contributed by atoms with Gasteiger partial charge in [0, 0.05) is 24.4 Å². The van der Waals surface area contributed by atoms with Crippen molar-refractivity contribution in [1.29, 1.82) is 0 Å². The average molecular weight is 260 g/mol. The van der Waals surface area contributed by atoms with Crippen LogP contribution in [0.1, 0.15) is 11.1 Å². The topological polar surface area (TPSA) is 55.2 Å². The Bertz CT molecular complexity index is 597. The minimum Gasteiger partial charge on any atom is -0.381 e. The molecule has 0 spiro atoms. The highest BCUT2D eigenvalue weighted by molar-refractivity contribution is 5.49. The Morgan fingerprint density at radius 2 is 1.89 bits per heavy atom. The fourth-order valence-electron chi connectivity index (χ4n) is 1.76. The first kappa shape index (κ1) is 13.0. The molecule has 0 aliphatic carbocycles. The molecule has 0 saturated heterocycles. The molecule has 0 unspecified atom stereocenters. The molecular formula is C14H13FN2O2. The second-order valence-electron chi connectivity index (χ2n) is 4.23. The molecule has 0 aliphatic rings. The molecule has 0 amide bonds. The third-order valence-corrected chi connectivity index (χ3v) is 2.87. The van der Waals surface area contributed by atoms with Crippen molar-refractivity contribution in [3.63, 3.8) is 0 Å². The van der Waals surface area contributed by atoms with Crippen LogP contribution in [0.25, 0.3) is 0 Å². The van der Waals surface area contributed by atoms with Gasteiger partial charge in [-0.3, -0.25) is 10.1 Å². The largest absolute Gasteiger partial charge is 0.381 e. The van der Waals surface area contributed by atoms with E-state index in [-0.39, 0.29) is 11.5 Å². The van der Waals surface area contributed by atoms with Crippen LogP contribution in [0.4, 0.5) is 15.8 Å². The summed E-state index contributed by atoms with van der Waals surface area (Å²) in [4.78, 5) is 10.1. The first-order valence-corrected chi connectivity index (χ1v) is 5.79. The number of non-ortho nitro benzene ring substituents is 1. The molecule has 19 heavy (non-hydrogen) atoms. The number of aryl methyl sites for hydroxylation is 1.